The highest BCUT2D eigenvalue weighted by Crippen LogP contribution is 2.46. The fourth-order valence-corrected chi connectivity index (χ4v) is 4.90. The minimum Gasteiger partial charge on any atom is -0.468 e. The molecule has 0 aliphatic heterocycles. The van der Waals surface area contributed by atoms with Crippen molar-refractivity contribution in [2.45, 2.75) is 39.2 Å². The number of benzene rings is 2. The number of allylic oxidation sites excluding steroid dienone is 2. The van der Waals surface area contributed by atoms with Crippen LogP contribution < -0.4 is 0 Å². The highest BCUT2D eigenvalue weighted by Gasteiger charge is 2.49. The lowest BCUT2D eigenvalue weighted by Gasteiger charge is -2.31. The zero-order chi connectivity index (χ0) is 22.7. The molecule has 0 atom stereocenters. The van der Waals surface area contributed by atoms with Crippen LogP contribution in [-0.4, -0.2) is 30.7 Å². The van der Waals surface area contributed by atoms with Gasteiger partial charge in [0.05, 0.1) is 19.9 Å². The van der Waals surface area contributed by atoms with E-state index in [9.17, 15) is 9.59 Å². The fraction of sp³-hybridized carbons (Fsp3) is 0.333. The van der Waals surface area contributed by atoms with Crippen molar-refractivity contribution < 1.29 is 19.1 Å². The minimum atomic E-state index is -1.28. The van der Waals surface area contributed by atoms with Gasteiger partial charge in [0.2, 0.25) is 0 Å². The number of hydrogen-bond acceptors (Lipinski definition) is 4. The van der Waals surface area contributed by atoms with Crippen LogP contribution >= 0.6 is 0 Å². The number of fused-ring (bicyclic) bond motifs is 1. The Labute approximate surface area is 188 Å². The van der Waals surface area contributed by atoms with Gasteiger partial charge in [-0.1, -0.05) is 61.5 Å². The molecule has 0 fully saturated rings. The molecule has 1 aliphatic rings. The molecule has 0 N–H and O–H groups in total. The van der Waals surface area contributed by atoms with Crippen LogP contribution in [0.1, 0.15) is 38.2 Å². The van der Waals surface area contributed by atoms with Crippen molar-refractivity contribution in [3.8, 4) is 11.3 Å². The number of nitrogens with zero attached hydrogens (tertiary/aromatic N) is 1. The molecule has 0 unspecified atom stereocenters. The SMILES string of the molecule is CCCn1c(-c2ccccc2)c(C2=CCC(C(=O)OC)(C(=O)OC)CC2)c2ccccc21. The van der Waals surface area contributed by atoms with Gasteiger partial charge in [0.1, 0.15) is 0 Å². The van der Waals surface area contributed by atoms with Crippen molar-refractivity contribution in [1.82, 2.24) is 4.57 Å². The lowest BCUT2D eigenvalue weighted by atomic mass is 9.73. The monoisotopic (exact) mass is 431 g/mol. The van der Waals surface area contributed by atoms with Gasteiger partial charge in [-0.25, -0.2) is 0 Å². The van der Waals surface area contributed by atoms with E-state index in [0.29, 0.717) is 12.8 Å². The topological polar surface area (TPSA) is 57.5 Å². The number of aromatic nitrogens is 1. The largest absolute Gasteiger partial charge is 0.468 e. The van der Waals surface area contributed by atoms with E-state index in [2.05, 4.69) is 60.0 Å². The lowest BCUT2D eigenvalue weighted by molar-refractivity contribution is -0.169. The second-order valence-electron chi connectivity index (χ2n) is 8.26. The number of carbonyl (C=O) groups is 2. The zero-order valence-corrected chi connectivity index (χ0v) is 18.9. The number of aryl methyl sites for hydroxylation is 1. The van der Waals surface area contributed by atoms with Crippen molar-refractivity contribution in [2.24, 2.45) is 5.41 Å². The minimum absolute atomic E-state index is 0.267. The summed E-state index contributed by atoms with van der Waals surface area (Å²) in [5.41, 5.74) is 4.60. The van der Waals surface area contributed by atoms with Crippen molar-refractivity contribution >= 4 is 28.4 Å². The third-order valence-electron chi connectivity index (χ3n) is 6.46. The summed E-state index contributed by atoms with van der Waals surface area (Å²) in [4.78, 5) is 25.1. The van der Waals surface area contributed by atoms with Crippen LogP contribution in [0.4, 0.5) is 0 Å². The van der Waals surface area contributed by atoms with E-state index in [4.69, 9.17) is 9.47 Å². The first-order valence-corrected chi connectivity index (χ1v) is 11.1. The number of carbonyl (C=O) groups excluding carboxylic acids is 2. The number of rotatable bonds is 6. The van der Waals surface area contributed by atoms with E-state index >= 15 is 0 Å². The Hall–Kier alpha value is -3.34. The van der Waals surface area contributed by atoms with Crippen LogP contribution in [0.3, 0.4) is 0 Å². The highest BCUT2D eigenvalue weighted by atomic mass is 16.5. The average molecular weight is 432 g/mol. The first-order chi connectivity index (χ1) is 15.6. The summed E-state index contributed by atoms with van der Waals surface area (Å²) in [6, 6.07) is 18.9. The van der Waals surface area contributed by atoms with E-state index in [1.165, 1.54) is 36.4 Å². The molecule has 0 saturated heterocycles. The summed E-state index contributed by atoms with van der Waals surface area (Å²) in [5.74, 6) is -1.06. The molecule has 0 saturated carbocycles. The Morgan fingerprint density at radius 3 is 2.22 bits per heavy atom. The van der Waals surface area contributed by atoms with Gasteiger partial charge < -0.3 is 14.0 Å². The van der Waals surface area contributed by atoms with Crippen molar-refractivity contribution in [3.05, 3.63) is 66.2 Å². The molecule has 0 spiro atoms. The quantitative estimate of drug-likeness (QED) is 0.376. The number of ether oxygens (including phenoxy) is 2. The molecule has 32 heavy (non-hydrogen) atoms. The van der Waals surface area contributed by atoms with Gasteiger partial charge in [-0.15, -0.1) is 0 Å². The van der Waals surface area contributed by atoms with E-state index in [0.717, 1.165) is 24.1 Å². The Morgan fingerprint density at radius 2 is 1.62 bits per heavy atom. The van der Waals surface area contributed by atoms with E-state index < -0.39 is 17.4 Å². The predicted octanol–water partition coefficient (Wildman–Crippen LogP) is 5.62. The van der Waals surface area contributed by atoms with Crippen LogP contribution in [0.15, 0.2) is 60.7 Å². The smallest absolute Gasteiger partial charge is 0.323 e. The molecule has 5 heteroatoms. The molecule has 0 bridgehead atoms. The van der Waals surface area contributed by atoms with Crippen molar-refractivity contribution in [2.75, 3.05) is 14.2 Å². The maximum atomic E-state index is 12.6. The Bertz CT molecular complexity index is 1160. The van der Waals surface area contributed by atoms with E-state index in [1.807, 2.05) is 12.1 Å². The highest BCUT2D eigenvalue weighted by molar-refractivity contribution is 6.04. The summed E-state index contributed by atoms with van der Waals surface area (Å²) < 4.78 is 12.4. The first kappa shape index (κ1) is 21.9. The summed E-state index contributed by atoms with van der Waals surface area (Å²) in [6.07, 6.45) is 4.26. The molecule has 2 aromatic carbocycles. The zero-order valence-electron chi connectivity index (χ0n) is 18.9. The molecule has 1 aliphatic carbocycles. The van der Waals surface area contributed by atoms with Crippen LogP contribution in [0.5, 0.6) is 0 Å². The lowest BCUT2D eigenvalue weighted by Crippen LogP contribution is -2.42. The summed E-state index contributed by atoms with van der Waals surface area (Å²) >= 11 is 0. The molecule has 1 aromatic heterocycles. The first-order valence-electron chi connectivity index (χ1n) is 11.1. The van der Waals surface area contributed by atoms with Gasteiger partial charge in [0, 0.05) is 23.0 Å². The van der Waals surface area contributed by atoms with E-state index in [1.54, 1.807) is 0 Å². The number of hydrogen-bond donors (Lipinski definition) is 0. The molecule has 0 amide bonds. The second kappa shape index (κ2) is 9.03. The Morgan fingerprint density at radius 1 is 0.969 bits per heavy atom. The Balaban J connectivity index is 1.91. The molecular weight excluding hydrogens is 402 g/mol. The number of methoxy groups -OCH3 is 2. The normalized spacial score (nSPS) is 15.3. The van der Waals surface area contributed by atoms with Gasteiger partial charge in [-0.2, -0.15) is 0 Å². The van der Waals surface area contributed by atoms with Crippen LogP contribution in [0.2, 0.25) is 0 Å². The van der Waals surface area contributed by atoms with Gasteiger partial charge in [0.25, 0.3) is 0 Å². The molecule has 5 nitrogen and oxygen atoms in total. The third-order valence-corrected chi connectivity index (χ3v) is 6.46. The van der Waals surface area contributed by atoms with Gasteiger partial charge in [-0.05, 0) is 42.9 Å². The van der Waals surface area contributed by atoms with E-state index in [-0.39, 0.29) is 6.42 Å². The second-order valence-corrected chi connectivity index (χ2v) is 8.26. The maximum absolute atomic E-state index is 12.6. The van der Waals surface area contributed by atoms with Gasteiger partial charge in [0.15, 0.2) is 5.41 Å². The predicted molar refractivity (Wildman–Crippen MR) is 126 cm³/mol. The molecule has 166 valence electrons. The van der Waals surface area contributed by atoms with Gasteiger partial charge in [-0.3, -0.25) is 9.59 Å². The molecular formula is C27H29NO4. The third kappa shape index (κ3) is 3.52. The standard InChI is InChI=1S/C27H29NO4/c1-4-18-28-22-13-9-8-12-21(22)23(24(28)20-10-6-5-7-11-20)19-14-16-27(17-15-19,25(29)31-2)26(30)32-3/h5-14H,4,15-18H2,1-3H3. The number of para-hydroxylation sites is 1. The molecule has 3 aromatic rings. The van der Waals surface area contributed by atoms with Crippen molar-refractivity contribution in [3.63, 3.8) is 0 Å². The summed E-state index contributed by atoms with van der Waals surface area (Å²) in [7, 11) is 2.64. The molecule has 4 rings (SSSR count). The fourth-order valence-electron chi connectivity index (χ4n) is 4.90. The number of esters is 2. The summed E-state index contributed by atoms with van der Waals surface area (Å²) in [6.45, 7) is 3.09. The van der Waals surface area contributed by atoms with Gasteiger partial charge >= 0.3 is 11.9 Å². The maximum Gasteiger partial charge on any atom is 0.323 e. The van der Waals surface area contributed by atoms with Crippen LogP contribution in [-0.2, 0) is 25.6 Å². The Kier molecular flexibility index (Phi) is 6.17. The average Bonchev–Trinajstić information content (AvgIpc) is 3.18. The molecule has 1 heterocycles. The van der Waals surface area contributed by atoms with Crippen molar-refractivity contribution in [1.29, 1.82) is 0 Å². The molecule has 0 radical (unpaired) electrons. The summed E-state index contributed by atoms with van der Waals surface area (Å²) in [5, 5.41) is 1.19. The van der Waals surface area contributed by atoms with Crippen LogP contribution in [0.25, 0.3) is 27.7 Å². The van der Waals surface area contributed by atoms with Crippen LogP contribution in [0, 0.1) is 5.41 Å².